The van der Waals surface area contributed by atoms with Gasteiger partial charge in [0.1, 0.15) is 17.7 Å². The van der Waals surface area contributed by atoms with Crippen LogP contribution in [-0.4, -0.2) is 47.4 Å². The molecular formula is C14H26N4O5. The predicted octanol–water partition coefficient (Wildman–Crippen LogP) is -1.46. The fourth-order valence-corrected chi connectivity index (χ4v) is 1.47. The molecule has 0 aromatic heterocycles. The van der Waals surface area contributed by atoms with Crippen molar-refractivity contribution in [1.82, 2.24) is 10.6 Å². The SMILES string of the molecule is C[C@H](N)C(=O)N[C@H](C)C(=O)N[C@@H](CC(N)=O)C(=O)OC(C)(C)C. The van der Waals surface area contributed by atoms with Crippen LogP contribution in [0.3, 0.4) is 0 Å². The second kappa shape index (κ2) is 8.47. The number of hydrogen-bond donors (Lipinski definition) is 4. The van der Waals surface area contributed by atoms with Gasteiger partial charge in [0, 0.05) is 0 Å². The number of nitrogens with two attached hydrogens (primary N) is 2. The third-order valence-electron chi connectivity index (χ3n) is 2.58. The van der Waals surface area contributed by atoms with Gasteiger partial charge >= 0.3 is 5.97 Å². The maximum atomic E-state index is 12.0. The van der Waals surface area contributed by atoms with Crippen molar-refractivity contribution in [3.63, 3.8) is 0 Å². The first kappa shape index (κ1) is 20.8. The van der Waals surface area contributed by atoms with E-state index in [9.17, 15) is 19.2 Å². The maximum Gasteiger partial charge on any atom is 0.329 e. The Morgan fingerprint density at radius 1 is 1.04 bits per heavy atom. The lowest BCUT2D eigenvalue weighted by atomic mass is 10.1. The average Bonchev–Trinajstić information content (AvgIpc) is 2.34. The van der Waals surface area contributed by atoms with Crippen molar-refractivity contribution < 1.29 is 23.9 Å². The summed E-state index contributed by atoms with van der Waals surface area (Å²) in [6, 6.07) is -2.95. The highest BCUT2D eigenvalue weighted by Gasteiger charge is 2.30. The number of carbonyl (C=O) groups is 4. The number of carbonyl (C=O) groups excluding carboxylic acids is 4. The van der Waals surface area contributed by atoms with E-state index in [1.165, 1.54) is 13.8 Å². The molecule has 23 heavy (non-hydrogen) atoms. The van der Waals surface area contributed by atoms with E-state index in [0.717, 1.165) is 0 Å². The second-order valence-electron chi connectivity index (χ2n) is 6.28. The van der Waals surface area contributed by atoms with E-state index in [-0.39, 0.29) is 0 Å². The van der Waals surface area contributed by atoms with Crippen molar-refractivity contribution in [3.8, 4) is 0 Å². The smallest absolute Gasteiger partial charge is 0.329 e. The lowest BCUT2D eigenvalue weighted by Crippen LogP contribution is -2.54. The van der Waals surface area contributed by atoms with Crippen LogP contribution in [0.1, 0.15) is 41.0 Å². The highest BCUT2D eigenvalue weighted by atomic mass is 16.6. The van der Waals surface area contributed by atoms with E-state index in [1.54, 1.807) is 20.8 Å². The summed E-state index contributed by atoms with van der Waals surface area (Å²) in [6.45, 7) is 7.85. The van der Waals surface area contributed by atoms with E-state index in [2.05, 4.69) is 10.6 Å². The van der Waals surface area contributed by atoms with Gasteiger partial charge in [-0.05, 0) is 34.6 Å². The van der Waals surface area contributed by atoms with Gasteiger partial charge in [-0.2, -0.15) is 0 Å². The summed E-state index contributed by atoms with van der Waals surface area (Å²) in [5.74, 6) is -2.73. The molecule has 0 heterocycles. The zero-order chi connectivity index (χ0) is 18.4. The Kier molecular flexibility index (Phi) is 7.67. The predicted molar refractivity (Wildman–Crippen MR) is 82.8 cm³/mol. The zero-order valence-corrected chi connectivity index (χ0v) is 14.1. The lowest BCUT2D eigenvalue weighted by molar-refractivity contribution is -0.159. The third kappa shape index (κ3) is 8.77. The van der Waals surface area contributed by atoms with Crippen molar-refractivity contribution in [1.29, 1.82) is 0 Å². The Bertz CT molecular complexity index is 470. The number of amides is 3. The Labute approximate surface area is 135 Å². The van der Waals surface area contributed by atoms with Gasteiger partial charge in [-0.15, -0.1) is 0 Å². The van der Waals surface area contributed by atoms with Crippen LogP contribution in [0.2, 0.25) is 0 Å². The molecule has 9 nitrogen and oxygen atoms in total. The first-order valence-corrected chi connectivity index (χ1v) is 7.21. The van der Waals surface area contributed by atoms with Crippen molar-refractivity contribution in [2.24, 2.45) is 11.5 Å². The maximum absolute atomic E-state index is 12.0. The number of hydrogen-bond acceptors (Lipinski definition) is 6. The van der Waals surface area contributed by atoms with Crippen molar-refractivity contribution >= 4 is 23.7 Å². The average molecular weight is 330 g/mol. The normalized spacial score (nSPS) is 15.0. The minimum atomic E-state index is -1.23. The lowest BCUT2D eigenvalue weighted by Gasteiger charge is -2.25. The molecular weight excluding hydrogens is 304 g/mol. The Morgan fingerprint density at radius 2 is 1.57 bits per heavy atom. The number of esters is 1. The van der Waals surface area contributed by atoms with Gasteiger partial charge in [-0.25, -0.2) is 4.79 Å². The molecule has 0 unspecified atom stereocenters. The molecule has 6 N–H and O–H groups in total. The standard InChI is InChI=1S/C14H26N4O5/c1-7(15)11(20)17-8(2)12(21)18-9(6-10(16)19)13(22)23-14(3,4)5/h7-9H,6,15H2,1-5H3,(H2,16,19)(H,17,20)(H,18,21)/t7-,8+,9-/m0/s1. The molecule has 9 heteroatoms. The molecule has 0 saturated carbocycles. The Morgan fingerprint density at radius 3 is 1.96 bits per heavy atom. The van der Waals surface area contributed by atoms with Gasteiger partial charge in [0.2, 0.25) is 17.7 Å². The van der Waals surface area contributed by atoms with Gasteiger partial charge in [0.15, 0.2) is 0 Å². The summed E-state index contributed by atoms with van der Waals surface area (Å²) in [7, 11) is 0. The Hall–Kier alpha value is -2.16. The summed E-state index contributed by atoms with van der Waals surface area (Å²) in [5, 5.41) is 4.73. The second-order valence-corrected chi connectivity index (χ2v) is 6.28. The van der Waals surface area contributed by atoms with Crippen LogP contribution < -0.4 is 22.1 Å². The van der Waals surface area contributed by atoms with Gasteiger partial charge in [-0.1, -0.05) is 0 Å². The highest BCUT2D eigenvalue weighted by Crippen LogP contribution is 2.10. The monoisotopic (exact) mass is 330 g/mol. The highest BCUT2D eigenvalue weighted by molar-refractivity contribution is 5.93. The molecule has 0 aliphatic heterocycles. The number of ether oxygens (including phenoxy) is 1. The summed E-state index contributed by atoms with van der Waals surface area (Å²) in [6.07, 6.45) is -0.408. The van der Waals surface area contributed by atoms with Crippen LogP contribution in [0.5, 0.6) is 0 Å². The van der Waals surface area contributed by atoms with Crippen LogP contribution in [0.4, 0.5) is 0 Å². The molecule has 0 aromatic carbocycles. The van der Waals surface area contributed by atoms with E-state index in [0.29, 0.717) is 0 Å². The molecule has 0 rings (SSSR count). The van der Waals surface area contributed by atoms with E-state index in [4.69, 9.17) is 16.2 Å². The van der Waals surface area contributed by atoms with Crippen LogP contribution in [0.15, 0.2) is 0 Å². The van der Waals surface area contributed by atoms with Gasteiger partial charge in [-0.3, -0.25) is 14.4 Å². The van der Waals surface area contributed by atoms with Crippen LogP contribution in [0.25, 0.3) is 0 Å². The first-order valence-electron chi connectivity index (χ1n) is 7.21. The first-order chi connectivity index (χ1) is 10.3. The minimum absolute atomic E-state index is 0.408. The fraction of sp³-hybridized carbons (Fsp3) is 0.714. The van der Waals surface area contributed by atoms with Crippen molar-refractivity contribution in [3.05, 3.63) is 0 Å². The van der Waals surface area contributed by atoms with Crippen molar-refractivity contribution in [2.75, 3.05) is 0 Å². The van der Waals surface area contributed by atoms with E-state index >= 15 is 0 Å². The van der Waals surface area contributed by atoms with Crippen molar-refractivity contribution in [2.45, 2.75) is 64.8 Å². The minimum Gasteiger partial charge on any atom is -0.458 e. The summed E-state index contributed by atoms with van der Waals surface area (Å²) >= 11 is 0. The van der Waals surface area contributed by atoms with E-state index < -0.39 is 53.8 Å². The van der Waals surface area contributed by atoms with E-state index in [1.807, 2.05) is 0 Å². The fourth-order valence-electron chi connectivity index (χ4n) is 1.47. The summed E-state index contributed by atoms with van der Waals surface area (Å²) in [4.78, 5) is 46.6. The molecule has 0 aliphatic carbocycles. The quantitative estimate of drug-likeness (QED) is 0.418. The van der Waals surface area contributed by atoms with Gasteiger partial charge in [0.05, 0.1) is 12.5 Å². The molecule has 3 amide bonds. The number of rotatable bonds is 7. The van der Waals surface area contributed by atoms with Gasteiger partial charge < -0.3 is 26.8 Å². The molecule has 0 aromatic rings. The zero-order valence-electron chi connectivity index (χ0n) is 14.1. The molecule has 0 aliphatic rings. The topological polar surface area (TPSA) is 154 Å². The summed E-state index contributed by atoms with van der Waals surface area (Å²) < 4.78 is 5.13. The number of primary amides is 1. The molecule has 0 fully saturated rings. The summed E-state index contributed by atoms with van der Waals surface area (Å²) in [5.41, 5.74) is 9.69. The molecule has 0 radical (unpaired) electrons. The molecule has 0 bridgehead atoms. The molecule has 0 spiro atoms. The van der Waals surface area contributed by atoms with Gasteiger partial charge in [0.25, 0.3) is 0 Å². The molecule has 3 atom stereocenters. The third-order valence-corrected chi connectivity index (χ3v) is 2.58. The largest absolute Gasteiger partial charge is 0.458 e. The number of nitrogens with one attached hydrogen (secondary N) is 2. The van der Waals surface area contributed by atoms with Crippen LogP contribution in [-0.2, 0) is 23.9 Å². The molecule has 132 valence electrons. The van der Waals surface area contributed by atoms with Crippen LogP contribution in [0, 0.1) is 0 Å². The molecule has 0 saturated heterocycles. The Balaban J connectivity index is 4.88. The van der Waals surface area contributed by atoms with Crippen LogP contribution >= 0.6 is 0 Å².